The van der Waals surface area contributed by atoms with Crippen LogP contribution in [0, 0.1) is 0 Å². The summed E-state index contributed by atoms with van der Waals surface area (Å²) in [6.07, 6.45) is 0. The molecule has 0 heterocycles. The quantitative estimate of drug-likeness (QED) is 0.849. The van der Waals surface area contributed by atoms with Gasteiger partial charge in [0.15, 0.2) is 0 Å². The van der Waals surface area contributed by atoms with Crippen molar-refractivity contribution in [3.05, 3.63) is 28.2 Å². The van der Waals surface area contributed by atoms with E-state index < -0.39 is 15.0 Å². The molecule has 1 N–H and O–H groups in total. The summed E-state index contributed by atoms with van der Waals surface area (Å²) < 4.78 is 22.0. The molecule has 0 aliphatic heterocycles. The molecule has 1 aromatic rings. The molecule has 0 aliphatic carbocycles. The average Bonchev–Trinajstić information content (AvgIpc) is 2.01. The van der Waals surface area contributed by atoms with Crippen LogP contribution in [-0.2, 0) is 9.05 Å². The first kappa shape index (κ1) is 11.5. The molecule has 7 heteroatoms. The zero-order valence-corrected chi connectivity index (χ0v) is 9.73. The second-order valence-electron chi connectivity index (χ2n) is 2.39. The van der Waals surface area contributed by atoms with Gasteiger partial charge in [-0.05, 0) is 34.1 Å². The fourth-order valence-electron chi connectivity index (χ4n) is 0.832. The molecule has 0 saturated carbocycles. The summed E-state index contributed by atoms with van der Waals surface area (Å²) in [7, 11) is 1.25. The van der Waals surface area contributed by atoms with E-state index in [1.54, 1.807) is 0 Å². The van der Waals surface area contributed by atoms with Crippen molar-refractivity contribution in [3.8, 4) is 0 Å². The molecule has 0 fully saturated rings. The normalized spacial score (nSPS) is 11.3. The first-order valence-electron chi connectivity index (χ1n) is 3.30. The van der Waals surface area contributed by atoms with Crippen LogP contribution in [0.5, 0.6) is 0 Å². The first-order valence-corrected chi connectivity index (χ1v) is 6.40. The van der Waals surface area contributed by atoms with Crippen molar-refractivity contribution in [1.82, 2.24) is 0 Å². The molecule has 76 valence electrons. The van der Waals surface area contributed by atoms with E-state index in [-0.39, 0.29) is 14.9 Å². The highest BCUT2D eigenvalue weighted by molar-refractivity contribution is 9.10. The second kappa shape index (κ2) is 3.88. The Labute approximate surface area is 93.1 Å². The van der Waals surface area contributed by atoms with E-state index in [0.29, 0.717) is 0 Å². The van der Waals surface area contributed by atoms with Gasteiger partial charge in [0, 0.05) is 15.2 Å². The van der Waals surface area contributed by atoms with E-state index in [0.717, 1.165) is 6.07 Å². The summed E-state index contributed by atoms with van der Waals surface area (Å²) in [5, 5.41) is 8.60. The van der Waals surface area contributed by atoms with Crippen LogP contribution in [0.4, 0.5) is 0 Å². The Hall–Kier alpha value is -0.590. The van der Waals surface area contributed by atoms with E-state index in [1.165, 1.54) is 12.1 Å². The molecule has 0 aromatic heterocycles. The summed E-state index contributed by atoms with van der Waals surface area (Å²) in [6, 6.07) is 3.48. The Morgan fingerprint density at radius 3 is 2.36 bits per heavy atom. The standard InChI is InChI=1S/C7H4BrClO4S/c8-5-3-4(7(10)11)1-2-6(5)14(9,12)13/h1-3H,(H,10,11). The lowest BCUT2D eigenvalue weighted by molar-refractivity contribution is 0.0696. The monoisotopic (exact) mass is 298 g/mol. The van der Waals surface area contributed by atoms with Crippen molar-refractivity contribution in [2.24, 2.45) is 0 Å². The van der Waals surface area contributed by atoms with Gasteiger partial charge in [-0.3, -0.25) is 0 Å². The molecule has 4 nitrogen and oxygen atoms in total. The van der Waals surface area contributed by atoms with Crippen molar-refractivity contribution < 1.29 is 18.3 Å². The predicted molar refractivity (Wildman–Crippen MR) is 54.1 cm³/mol. The predicted octanol–water partition coefficient (Wildman–Crippen LogP) is 2.07. The van der Waals surface area contributed by atoms with Gasteiger partial charge in [0.25, 0.3) is 9.05 Å². The average molecular weight is 300 g/mol. The van der Waals surface area contributed by atoms with Crippen molar-refractivity contribution in [3.63, 3.8) is 0 Å². The van der Waals surface area contributed by atoms with Gasteiger partial charge in [0.05, 0.1) is 10.5 Å². The molecule has 0 aliphatic rings. The summed E-state index contributed by atoms with van der Waals surface area (Å²) in [5.41, 5.74) is -0.0130. The van der Waals surface area contributed by atoms with Crippen LogP contribution in [0.2, 0.25) is 0 Å². The number of hydrogen-bond acceptors (Lipinski definition) is 3. The van der Waals surface area contributed by atoms with Crippen molar-refractivity contribution in [2.45, 2.75) is 4.90 Å². The SMILES string of the molecule is O=C(O)c1ccc(S(=O)(=O)Cl)c(Br)c1. The van der Waals surface area contributed by atoms with Crippen LogP contribution in [0.25, 0.3) is 0 Å². The van der Waals surface area contributed by atoms with Gasteiger partial charge in [0.1, 0.15) is 0 Å². The number of halogens is 2. The van der Waals surface area contributed by atoms with E-state index in [2.05, 4.69) is 15.9 Å². The number of hydrogen-bond donors (Lipinski definition) is 1. The number of benzene rings is 1. The largest absolute Gasteiger partial charge is 0.478 e. The first-order chi connectivity index (χ1) is 6.32. The lowest BCUT2D eigenvalue weighted by atomic mass is 10.2. The van der Waals surface area contributed by atoms with Crippen LogP contribution in [0.3, 0.4) is 0 Å². The Morgan fingerprint density at radius 1 is 1.43 bits per heavy atom. The van der Waals surface area contributed by atoms with Crippen molar-refractivity contribution >= 4 is 41.6 Å². The van der Waals surface area contributed by atoms with Crippen molar-refractivity contribution in [2.75, 3.05) is 0 Å². The van der Waals surface area contributed by atoms with E-state index in [9.17, 15) is 13.2 Å². The molecular weight excluding hydrogens is 295 g/mol. The van der Waals surface area contributed by atoms with Crippen LogP contribution in [0.1, 0.15) is 10.4 Å². The summed E-state index contributed by atoms with van der Waals surface area (Å²) in [6.45, 7) is 0. The number of carbonyl (C=O) groups is 1. The molecular formula is C7H4BrClO4S. The van der Waals surface area contributed by atoms with Crippen LogP contribution >= 0.6 is 26.6 Å². The lowest BCUT2D eigenvalue weighted by Crippen LogP contribution is -1.98. The Kier molecular flexibility index (Phi) is 3.18. The lowest BCUT2D eigenvalue weighted by Gasteiger charge is -2.00. The van der Waals surface area contributed by atoms with E-state index in [1.807, 2.05) is 0 Å². The molecule has 1 rings (SSSR count). The Balaban J connectivity index is 3.35. The Morgan fingerprint density at radius 2 is 2.00 bits per heavy atom. The van der Waals surface area contributed by atoms with Crippen molar-refractivity contribution in [1.29, 1.82) is 0 Å². The molecule has 0 saturated heterocycles. The molecule has 14 heavy (non-hydrogen) atoms. The van der Waals surface area contributed by atoms with Crippen LogP contribution in [0.15, 0.2) is 27.6 Å². The topological polar surface area (TPSA) is 71.4 Å². The minimum absolute atomic E-state index is 0.0130. The number of aromatic carboxylic acids is 1. The third-order valence-corrected chi connectivity index (χ3v) is 3.74. The minimum Gasteiger partial charge on any atom is -0.478 e. The van der Waals surface area contributed by atoms with Gasteiger partial charge in [-0.1, -0.05) is 0 Å². The summed E-state index contributed by atoms with van der Waals surface area (Å²) in [5.74, 6) is -1.13. The van der Waals surface area contributed by atoms with Crippen LogP contribution < -0.4 is 0 Å². The van der Waals surface area contributed by atoms with Gasteiger partial charge in [0.2, 0.25) is 0 Å². The molecule has 0 radical (unpaired) electrons. The van der Waals surface area contributed by atoms with Crippen LogP contribution in [-0.4, -0.2) is 19.5 Å². The molecule has 1 aromatic carbocycles. The maximum atomic E-state index is 10.9. The van der Waals surface area contributed by atoms with Gasteiger partial charge in [-0.2, -0.15) is 0 Å². The van der Waals surface area contributed by atoms with E-state index in [4.69, 9.17) is 15.8 Å². The summed E-state index contributed by atoms with van der Waals surface area (Å²) in [4.78, 5) is 10.4. The number of carboxylic acid groups (broad SMARTS) is 1. The molecule has 0 atom stereocenters. The summed E-state index contributed by atoms with van der Waals surface area (Å²) >= 11 is 2.92. The zero-order valence-electron chi connectivity index (χ0n) is 6.57. The van der Waals surface area contributed by atoms with Gasteiger partial charge in [-0.25, -0.2) is 13.2 Å². The molecule has 0 unspecified atom stereocenters. The fraction of sp³-hybridized carbons (Fsp3) is 0. The van der Waals surface area contributed by atoms with E-state index >= 15 is 0 Å². The maximum absolute atomic E-state index is 10.9. The highest BCUT2D eigenvalue weighted by Crippen LogP contribution is 2.25. The third-order valence-electron chi connectivity index (χ3n) is 1.44. The van der Waals surface area contributed by atoms with Gasteiger partial charge in [-0.15, -0.1) is 0 Å². The second-order valence-corrected chi connectivity index (χ2v) is 5.78. The number of carboxylic acids is 1. The maximum Gasteiger partial charge on any atom is 0.335 e. The van der Waals surface area contributed by atoms with Gasteiger partial charge >= 0.3 is 5.97 Å². The third kappa shape index (κ3) is 2.46. The molecule has 0 spiro atoms. The number of rotatable bonds is 2. The van der Waals surface area contributed by atoms with Gasteiger partial charge < -0.3 is 5.11 Å². The highest BCUT2D eigenvalue weighted by atomic mass is 79.9. The Bertz CT molecular complexity index is 482. The molecule has 0 bridgehead atoms. The zero-order chi connectivity index (χ0) is 10.9. The smallest absolute Gasteiger partial charge is 0.335 e. The minimum atomic E-state index is -3.84. The fourth-order valence-corrected chi connectivity index (χ4v) is 3.06. The highest BCUT2D eigenvalue weighted by Gasteiger charge is 2.15. The molecule has 0 amide bonds.